The molecule has 0 N–H and O–H groups in total. The van der Waals surface area contributed by atoms with Gasteiger partial charge >= 0.3 is 0 Å². The van der Waals surface area contributed by atoms with Gasteiger partial charge in [-0.05, 0) is 19.3 Å². The lowest BCUT2D eigenvalue weighted by atomic mass is 9.86. The summed E-state index contributed by atoms with van der Waals surface area (Å²) in [7, 11) is 0. The molecule has 0 radical (unpaired) electrons. The Labute approximate surface area is 70.3 Å². The highest BCUT2D eigenvalue weighted by molar-refractivity contribution is 14.1. The van der Waals surface area contributed by atoms with E-state index < -0.39 is 0 Å². The van der Waals surface area contributed by atoms with Crippen LogP contribution in [-0.4, -0.2) is 15.2 Å². The lowest BCUT2D eigenvalue weighted by molar-refractivity contribution is 0.112. The zero-order valence-electron chi connectivity index (χ0n) is 5.57. The van der Waals surface area contributed by atoms with Crippen molar-refractivity contribution in [1.29, 1.82) is 0 Å². The van der Waals surface area contributed by atoms with E-state index in [1.807, 2.05) is 0 Å². The highest BCUT2D eigenvalue weighted by Crippen LogP contribution is 2.46. The van der Waals surface area contributed by atoms with Crippen molar-refractivity contribution in [3.05, 3.63) is 0 Å². The van der Waals surface area contributed by atoms with Crippen LogP contribution in [0, 0.1) is 0 Å². The Balaban J connectivity index is 2.06. The van der Waals surface area contributed by atoms with E-state index >= 15 is 0 Å². The molecule has 2 aliphatic rings. The number of rotatable bonds is 0. The Kier molecular flexibility index (Phi) is 1.49. The maximum Gasteiger partial charge on any atom is 0.0317 e. The summed E-state index contributed by atoms with van der Waals surface area (Å²) >= 11 is 2.48. The largest absolute Gasteiger partial charge is 0.241 e. The molecule has 0 amide bonds. The first-order valence-electron chi connectivity index (χ1n) is 3.77. The molecule has 1 saturated carbocycles. The van der Waals surface area contributed by atoms with Gasteiger partial charge in [0.1, 0.15) is 0 Å². The van der Waals surface area contributed by atoms with Gasteiger partial charge in [0.15, 0.2) is 0 Å². The summed E-state index contributed by atoms with van der Waals surface area (Å²) in [5, 5.41) is 0. The molecular formula is C7H12IN. The van der Waals surface area contributed by atoms with Gasteiger partial charge in [0, 0.05) is 34.9 Å². The molecule has 0 aromatic heterocycles. The molecule has 0 atom stereocenters. The first-order chi connectivity index (χ1) is 4.33. The van der Waals surface area contributed by atoms with Crippen molar-refractivity contribution < 1.29 is 0 Å². The van der Waals surface area contributed by atoms with E-state index in [9.17, 15) is 0 Å². The van der Waals surface area contributed by atoms with Crippen molar-refractivity contribution in [2.75, 3.05) is 6.54 Å². The van der Waals surface area contributed by atoms with Crippen LogP contribution in [0.4, 0.5) is 0 Å². The average Bonchev–Trinajstić information content (AvgIpc) is 2.34. The van der Waals surface area contributed by atoms with E-state index in [-0.39, 0.29) is 0 Å². The summed E-state index contributed by atoms with van der Waals surface area (Å²) in [6.45, 7) is 1.33. The van der Waals surface area contributed by atoms with E-state index in [1.165, 1.54) is 38.6 Å². The number of hydrogen-bond acceptors (Lipinski definition) is 1. The first kappa shape index (κ1) is 6.40. The zero-order chi connectivity index (χ0) is 6.32. The quantitative estimate of drug-likeness (QED) is 0.461. The summed E-state index contributed by atoms with van der Waals surface area (Å²) in [5.41, 5.74) is 0.695. The lowest BCUT2D eigenvalue weighted by Crippen LogP contribution is -2.52. The van der Waals surface area contributed by atoms with Crippen LogP contribution in [0.5, 0.6) is 0 Å². The number of nitrogens with zero attached hydrogens (tertiary/aromatic N) is 1. The van der Waals surface area contributed by atoms with Gasteiger partial charge in [-0.2, -0.15) is 0 Å². The molecule has 1 saturated heterocycles. The smallest absolute Gasteiger partial charge is 0.0317 e. The fourth-order valence-electron chi connectivity index (χ4n) is 2.04. The minimum atomic E-state index is 0.695. The molecule has 0 aromatic carbocycles. The van der Waals surface area contributed by atoms with Gasteiger partial charge < -0.3 is 0 Å². The van der Waals surface area contributed by atoms with Crippen LogP contribution in [0.1, 0.15) is 32.1 Å². The molecule has 52 valence electrons. The highest BCUT2D eigenvalue weighted by Gasteiger charge is 2.45. The normalized spacial score (nSPS) is 33.0. The van der Waals surface area contributed by atoms with Crippen LogP contribution in [-0.2, 0) is 0 Å². The molecule has 0 bridgehead atoms. The number of halogens is 1. The zero-order valence-corrected chi connectivity index (χ0v) is 7.73. The Hall–Kier alpha value is 0.690. The van der Waals surface area contributed by atoms with Crippen molar-refractivity contribution in [3.8, 4) is 0 Å². The summed E-state index contributed by atoms with van der Waals surface area (Å²) in [6.07, 6.45) is 7.35. The van der Waals surface area contributed by atoms with Crippen LogP contribution >= 0.6 is 22.9 Å². The van der Waals surface area contributed by atoms with Crippen molar-refractivity contribution >= 4 is 22.9 Å². The molecule has 1 spiro atoms. The predicted molar refractivity (Wildman–Crippen MR) is 46.5 cm³/mol. The van der Waals surface area contributed by atoms with Crippen LogP contribution in [0.25, 0.3) is 0 Å². The Morgan fingerprint density at radius 1 is 1.11 bits per heavy atom. The molecule has 0 aromatic rings. The molecule has 1 heterocycles. The molecule has 1 aliphatic carbocycles. The second-order valence-electron chi connectivity index (χ2n) is 3.27. The van der Waals surface area contributed by atoms with Gasteiger partial charge in [-0.3, -0.25) is 0 Å². The highest BCUT2D eigenvalue weighted by atomic mass is 127. The molecule has 2 rings (SSSR count). The van der Waals surface area contributed by atoms with Gasteiger partial charge in [-0.1, -0.05) is 12.8 Å². The molecule has 0 unspecified atom stereocenters. The van der Waals surface area contributed by atoms with Crippen LogP contribution in [0.15, 0.2) is 0 Å². The second-order valence-corrected chi connectivity index (χ2v) is 4.43. The first-order valence-corrected chi connectivity index (χ1v) is 4.73. The summed E-state index contributed by atoms with van der Waals surface area (Å²) in [5.74, 6) is 0. The third kappa shape index (κ3) is 0.827. The topological polar surface area (TPSA) is 3.24 Å². The maximum absolute atomic E-state index is 2.51. The van der Waals surface area contributed by atoms with Gasteiger partial charge in [-0.15, -0.1) is 0 Å². The summed E-state index contributed by atoms with van der Waals surface area (Å²) in [6, 6.07) is 0. The lowest BCUT2D eigenvalue weighted by Gasteiger charge is -2.46. The predicted octanol–water partition coefficient (Wildman–Crippen LogP) is 2.35. The van der Waals surface area contributed by atoms with Crippen molar-refractivity contribution in [3.63, 3.8) is 0 Å². The standard InChI is InChI=1S/C7H12IN/c8-9-6-5-7(9)3-1-2-4-7/h1-6H2. The molecular weight excluding hydrogens is 225 g/mol. The van der Waals surface area contributed by atoms with Crippen molar-refractivity contribution in [1.82, 2.24) is 3.11 Å². The average molecular weight is 237 g/mol. The minimum Gasteiger partial charge on any atom is -0.241 e. The van der Waals surface area contributed by atoms with E-state index in [1.54, 1.807) is 0 Å². The van der Waals surface area contributed by atoms with E-state index in [4.69, 9.17) is 0 Å². The van der Waals surface area contributed by atoms with Gasteiger partial charge in [0.25, 0.3) is 0 Å². The molecule has 2 fully saturated rings. The van der Waals surface area contributed by atoms with E-state index in [0.29, 0.717) is 5.54 Å². The third-order valence-corrected chi connectivity index (χ3v) is 4.33. The Morgan fingerprint density at radius 2 is 1.78 bits per heavy atom. The van der Waals surface area contributed by atoms with E-state index in [2.05, 4.69) is 26.0 Å². The van der Waals surface area contributed by atoms with Crippen LogP contribution in [0.3, 0.4) is 0 Å². The van der Waals surface area contributed by atoms with Crippen LogP contribution < -0.4 is 0 Å². The molecule has 1 nitrogen and oxygen atoms in total. The minimum absolute atomic E-state index is 0.695. The Bertz CT molecular complexity index is 118. The molecule has 2 heteroatoms. The fraction of sp³-hybridized carbons (Fsp3) is 1.00. The summed E-state index contributed by atoms with van der Waals surface area (Å²) < 4.78 is 2.51. The molecule has 1 aliphatic heterocycles. The monoisotopic (exact) mass is 237 g/mol. The SMILES string of the molecule is IN1CCC12CCCC2. The Morgan fingerprint density at radius 3 is 2.00 bits per heavy atom. The van der Waals surface area contributed by atoms with Gasteiger partial charge in [0.05, 0.1) is 0 Å². The van der Waals surface area contributed by atoms with Crippen molar-refractivity contribution in [2.24, 2.45) is 0 Å². The third-order valence-electron chi connectivity index (χ3n) is 2.82. The molecule has 9 heavy (non-hydrogen) atoms. The van der Waals surface area contributed by atoms with Crippen LogP contribution in [0.2, 0.25) is 0 Å². The number of hydrogen-bond donors (Lipinski definition) is 0. The summed E-state index contributed by atoms with van der Waals surface area (Å²) in [4.78, 5) is 0. The maximum atomic E-state index is 2.51. The van der Waals surface area contributed by atoms with Gasteiger partial charge in [0.2, 0.25) is 0 Å². The second kappa shape index (κ2) is 2.09. The van der Waals surface area contributed by atoms with Crippen molar-refractivity contribution in [2.45, 2.75) is 37.6 Å². The fourth-order valence-corrected chi connectivity index (χ4v) is 3.00. The van der Waals surface area contributed by atoms with E-state index in [0.717, 1.165) is 0 Å². The van der Waals surface area contributed by atoms with Gasteiger partial charge in [-0.25, -0.2) is 3.11 Å².